The molecule has 0 atom stereocenters. The van der Waals surface area contributed by atoms with Crippen LogP contribution in [0.5, 0.6) is 0 Å². The van der Waals surface area contributed by atoms with E-state index in [0.717, 1.165) is 15.9 Å². The highest BCUT2D eigenvalue weighted by molar-refractivity contribution is 7.96. The summed E-state index contributed by atoms with van der Waals surface area (Å²) >= 11 is 12.5. The Morgan fingerprint density at radius 3 is 1.56 bits per heavy atom. The average Bonchev–Trinajstić information content (AvgIpc) is 3.16. The highest BCUT2D eigenvalue weighted by atomic mass is 35.5. The van der Waals surface area contributed by atoms with Crippen molar-refractivity contribution >= 4 is 68.8 Å². The summed E-state index contributed by atoms with van der Waals surface area (Å²) in [5.41, 5.74) is 0.350. The van der Waals surface area contributed by atoms with E-state index in [1.54, 1.807) is 18.2 Å². The van der Waals surface area contributed by atoms with Crippen LogP contribution in [0.15, 0.2) is 109 Å². The van der Waals surface area contributed by atoms with Crippen molar-refractivity contribution in [3.8, 4) is 0 Å². The van der Waals surface area contributed by atoms with E-state index in [1.807, 2.05) is 54.6 Å². The molecule has 6 heteroatoms. The summed E-state index contributed by atoms with van der Waals surface area (Å²) in [4.78, 5) is 28.7. The number of carbonyl (C=O) groups excluding carboxylic acids is 2. The first-order chi connectivity index (χ1) is 16.5. The monoisotopic (exact) mass is 503 g/mol. The minimum atomic E-state index is -2.64. The minimum absolute atomic E-state index is 0.0181. The lowest BCUT2D eigenvalue weighted by Crippen LogP contribution is -2.35. The fourth-order valence-corrected chi connectivity index (χ4v) is 9.52. The number of hydrogen-bond acceptors (Lipinski definition) is 2. The molecule has 0 radical (unpaired) electrons. The van der Waals surface area contributed by atoms with Crippen molar-refractivity contribution in [2.45, 2.75) is 6.42 Å². The Balaban J connectivity index is 1.88. The fourth-order valence-electron chi connectivity index (χ4n) is 4.58. The van der Waals surface area contributed by atoms with Crippen LogP contribution in [-0.2, 0) is 9.59 Å². The molecule has 1 heterocycles. The summed E-state index contributed by atoms with van der Waals surface area (Å²) in [5, 5.41) is 4.36. The first-order valence-corrected chi connectivity index (χ1v) is 13.3. The van der Waals surface area contributed by atoms with Crippen molar-refractivity contribution in [2.24, 2.45) is 0 Å². The lowest BCUT2D eigenvalue weighted by atomic mass is 10.3. The van der Waals surface area contributed by atoms with E-state index >= 15 is 0 Å². The molecule has 1 fully saturated rings. The van der Waals surface area contributed by atoms with Gasteiger partial charge in [-0.1, -0.05) is 114 Å². The molecular weight excluding hydrogens is 484 g/mol. The second-order valence-electron chi connectivity index (χ2n) is 7.93. The third-order valence-electron chi connectivity index (χ3n) is 6.00. The van der Waals surface area contributed by atoms with Gasteiger partial charge in [-0.25, -0.2) is 4.90 Å². The number of anilines is 1. The van der Waals surface area contributed by atoms with Crippen LogP contribution in [0, 0.1) is 0 Å². The van der Waals surface area contributed by atoms with Crippen LogP contribution in [0.25, 0.3) is 0 Å². The molecule has 1 saturated heterocycles. The second-order valence-corrected chi connectivity index (χ2v) is 12.2. The molecule has 168 valence electrons. The van der Waals surface area contributed by atoms with Gasteiger partial charge in [-0.15, -0.1) is 0 Å². The third-order valence-corrected chi connectivity index (χ3v) is 10.9. The first kappa shape index (κ1) is 22.7. The maximum absolute atomic E-state index is 14.1. The highest BCUT2D eigenvalue weighted by Gasteiger charge is 2.43. The first-order valence-electron chi connectivity index (χ1n) is 10.8. The highest BCUT2D eigenvalue weighted by Crippen LogP contribution is 2.49. The smallest absolute Gasteiger partial charge is 0.262 e. The quantitative estimate of drug-likeness (QED) is 0.275. The largest absolute Gasteiger partial charge is 0.274 e. The number of halogens is 2. The zero-order chi connectivity index (χ0) is 23.7. The van der Waals surface area contributed by atoms with E-state index in [9.17, 15) is 9.59 Å². The third kappa shape index (κ3) is 3.71. The molecule has 3 nitrogen and oxygen atoms in total. The summed E-state index contributed by atoms with van der Waals surface area (Å²) in [6.07, 6.45) is 0.0181. The van der Waals surface area contributed by atoms with Crippen LogP contribution in [0.1, 0.15) is 6.42 Å². The van der Waals surface area contributed by atoms with Crippen molar-refractivity contribution < 1.29 is 9.59 Å². The lowest BCUT2D eigenvalue weighted by Gasteiger charge is -2.31. The van der Waals surface area contributed by atoms with Crippen molar-refractivity contribution in [3.05, 3.63) is 119 Å². The Labute approximate surface area is 208 Å². The van der Waals surface area contributed by atoms with Crippen LogP contribution < -0.4 is 20.8 Å². The van der Waals surface area contributed by atoms with Crippen LogP contribution in [0.4, 0.5) is 5.69 Å². The predicted molar refractivity (Wildman–Crippen MR) is 144 cm³/mol. The summed E-state index contributed by atoms with van der Waals surface area (Å²) in [7, 11) is 0. The lowest BCUT2D eigenvalue weighted by molar-refractivity contribution is -0.120. The van der Waals surface area contributed by atoms with E-state index in [1.165, 1.54) is 4.90 Å². The maximum atomic E-state index is 14.1. The molecule has 4 aromatic carbocycles. The molecule has 1 aliphatic heterocycles. The molecule has 5 rings (SSSR count). The van der Waals surface area contributed by atoms with Crippen molar-refractivity contribution in [1.82, 2.24) is 0 Å². The van der Waals surface area contributed by atoms with Gasteiger partial charge in [0.1, 0.15) is 0 Å². The molecule has 0 saturated carbocycles. The minimum Gasteiger partial charge on any atom is -0.274 e. The van der Waals surface area contributed by atoms with Crippen LogP contribution in [0.3, 0.4) is 0 Å². The van der Waals surface area contributed by atoms with Crippen LogP contribution in [-0.4, -0.2) is 17.1 Å². The summed E-state index contributed by atoms with van der Waals surface area (Å²) in [6, 6.07) is 34.9. The number of imide groups is 1. The Bertz CT molecular complexity index is 1330. The average molecular weight is 504 g/mol. The molecule has 2 amide bonds. The molecule has 0 spiro atoms. The zero-order valence-corrected chi connectivity index (χ0v) is 20.5. The van der Waals surface area contributed by atoms with Crippen LogP contribution in [0.2, 0.25) is 10.0 Å². The van der Waals surface area contributed by atoms with Gasteiger partial charge in [0.25, 0.3) is 5.91 Å². The standard InChI is InChI=1S/C28H20Cl2NO2P/c29-20-16-17-25(24(30)18-20)31-27(32)19-26(28(31)33)34(21-10-4-1-5-11-21,22-12-6-2-7-13-22)23-14-8-3-9-15-23/h1-18H,19H2. The molecule has 0 unspecified atom stereocenters. The Kier molecular flexibility index (Phi) is 6.18. The zero-order valence-electron chi connectivity index (χ0n) is 18.1. The number of amides is 2. The van der Waals surface area contributed by atoms with Gasteiger partial charge in [-0.05, 0) is 41.0 Å². The van der Waals surface area contributed by atoms with Crippen molar-refractivity contribution in [1.29, 1.82) is 0 Å². The summed E-state index contributed by atoms with van der Waals surface area (Å²) < 4.78 is 0. The van der Waals surface area contributed by atoms with E-state index in [-0.39, 0.29) is 23.3 Å². The van der Waals surface area contributed by atoms with E-state index < -0.39 is 6.89 Å². The molecular formula is C28H20Cl2NO2P. The van der Waals surface area contributed by atoms with Crippen molar-refractivity contribution in [3.63, 3.8) is 0 Å². The molecule has 4 aromatic rings. The number of hydrogen-bond donors (Lipinski definition) is 0. The van der Waals surface area contributed by atoms with Gasteiger partial charge in [0.05, 0.1) is 17.1 Å². The Hall–Kier alpha value is -3.10. The van der Waals surface area contributed by atoms with Gasteiger partial charge in [0.15, 0.2) is 0 Å². The van der Waals surface area contributed by atoms with Gasteiger partial charge >= 0.3 is 0 Å². The van der Waals surface area contributed by atoms with E-state index in [4.69, 9.17) is 23.2 Å². The van der Waals surface area contributed by atoms with Gasteiger partial charge in [0, 0.05) is 10.3 Å². The number of rotatable bonds is 4. The Morgan fingerprint density at radius 1 is 0.647 bits per heavy atom. The van der Waals surface area contributed by atoms with Gasteiger partial charge < -0.3 is 0 Å². The fraction of sp³-hybridized carbons (Fsp3) is 0.0357. The maximum Gasteiger partial charge on any atom is 0.262 e. The molecule has 0 N–H and O–H groups in total. The number of nitrogens with zero attached hydrogens (tertiary/aromatic N) is 1. The summed E-state index contributed by atoms with van der Waals surface area (Å²) in [5.74, 6) is -0.615. The van der Waals surface area contributed by atoms with Gasteiger partial charge in [-0.2, -0.15) is 0 Å². The van der Waals surface area contributed by atoms with E-state index in [0.29, 0.717) is 16.0 Å². The van der Waals surface area contributed by atoms with Gasteiger partial charge in [-0.3, -0.25) is 9.59 Å². The second kappa shape index (κ2) is 9.27. The predicted octanol–water partition coefficient (Wildman–Crippen LogP) is 5.42. The Morgan fingerprint density at radius 2 is 1.12 bits per heavy atom. The molecule has 34 heavy (non-hydrogen) atoms. The summed E-state index contributed by atoms with van der Waals surface area (Å²) in [6.45, 7) is -2.64. The van der Waals surface area contributed by atoms with Crippen LogP contribution >= 0.6 is 30.1 Å². The SMILES string of the molecule is O=C1CC(=P(c2ccccc2)(c2ccccc2)c2ccccc2)C(=O)N1c1ccc(Cl)cc1Cl. The normalized spacial score (nSPS) is 14.1. The molecule has 0 aromatic heterocycles. The number of carbonyl (C=O) groups is 2. The topological polar surface area (TPSA) is 37.4 Å². The molecule has 0 aliphatic carbocycles. The molecule has 1 aliphatic rings. The van der Waals surface area contributed by atoms with Crippen molar-refractivity contribution in [2.75, 3.05) is 4.90 Å². The number of benzene rings is 4. The molecule has 0 bridgehead atoms. The van der Waals surface area contributed by atoms with E-state index in [2.05, 4.69) is 36.4 Å². The van der Waals surface area contributed by atoms with Gasteiger partial charge in [0.2, 0.25) is 5.91 Å².